The summed E-state index contributed by atoms with van der Waals surface area (Å²) in [5.41, 5.74) is 1.99. The Morgan fingerprint density at radius 1 is 1.05 bits per heavy atom. The number of methoxy groups -OCH3 is 1. The van der Waals surface area contributed by atoms with E-state index in [-0.39, 0.29) is 22.3 Å². The van der Waals surface area contributed by atoms with Crippen LogP contribution in [0.1, 0.15) is 13.8 Å². The third kappa shape index (κ3) is 5.25. The number of nitrogens with zero attached hydrogens (tertiary/aromatic N) is 4. The SMILES string of the molecule is COc1cc(N2CCOCC2)ccc1Nc1nc(Nc2ccccc2S(=O)(=O)C(C)C)c2ccn(C(=O)O)c2n1. The van der Waals surface area contributed by atoms with Crippen molar-refractivity contribution in [1.82, 2.24) is 14.5 Å². The van der Waals surface area contributed by atoms with Gasteiger partial charge < -0.3 is 30.1 Å². The molecular weight excluding hydrogens is 536 g/mol. The number of hydrogen-bond donors (Lipinski definition) is 3. The normalized spacial score (nSPS) is 13.9. The van der Waals surface area contributed by atoms with Crippen molar-refractivity contribution in [2.24, 2.45) is 0 Å². The lowest BCUT2D eigenvalue weighted by Crippen LogP contribution is -2.36. The van der Waals surface area contributed by atoms with E-state index < -0.39 is 21.2 Å². The monoisotopic (exact) mass is 566 g/mol. The average Bonchev–Trinajstić information content (AvgIpc) is 3.38. The Hall–Kier alpha value is -4.36. The van der Waals surface area contributed by atoms with E-state index >= 15 is 0 Å². The lowest BCUT2D eigenvalue weighted by Gasteiger charge is -2.29. The summed E-state index contributed by atoms with van der Waals surface area (Å²) >= 11 is 0. The Morgan fingerprint density at radius 3 is 2.50 bits per heavy atom. The van der Waals surface area contributed by atoms with Crippen LogP contribution in [0.4, 0.5) is 33.6 Å². The second-order valence-corrected chi connectivity index (χ2v) is 11.9. The molecule has 1 aliphatic rings. The van der Waals surface area contributed by atoms with Gasteiger partial charge in [-0.05, 0) is 44.2 Å². The van der Waals surface area contributed by atoms with E-state index in [1.54, 1.807) is 45.2 Å². The molecule has 0 aliphatic carbocycles. The van der Waals surface area contributed by atoms with Crippen LogP contribution in [0.15, 0.2) is 59.6 Å². The summed E-state index contributed by atoms with van der Waals surface area (Å²) in [6.45, 7) is 6.06. The van der Waals surface area contributed by atoms with Gasteiger partial charge in [-0.15, -0.1) is 0 Å². The number of fused-ring (bicyclic) bond motifs is 1. The van der Waals surface area contributed by atoms with Gasteiger partial charge in [0.15, 0.2) is 15.5 Å². The van der Waals surface area contributed by atoms with E-state index in [2.05, 4.69) is 25.5 Å². The minimum absolute atomic E-state index is 0.0952. The highest BCUT2D eigenvalue weighted by molar-refractivity contribution is 7.92. The number of sulfone groups is 1. The standard InChI is InChI=1S/C27H30N6O6S/c1-17(2)40(36,37)23-7-5-4-6-21(23)28-24-19-10-11-33(27(34)35)25(19)31-26(30-24)29-20-9-8-18(16-22(20)38-3)32-12-14-39-15-13-32/h4-11,16-17H,12-15H2,1-3H3,(H,34,35)(H2,28,29,30,31). The Kier molecular flexibility index (Phi) is 7.50. The molecule has 12 nitrogen and oxygen atoms in total. The maximum Gasteiger partial charge on any atom is 0.417 e. The molecule has 3 heterocycles. The number of rotatable bonds is 8. The number of morpholine rings is 1. The third-order valence-electron chi connectivity index (χ3n) is 6.63. The van der Waals surface area contributed by atoms with Crippen molar-refractivity contribution in [3.05, 3.63) is 54.7 Å². The van der Waals surface area contributed by atoms with Gasteiger partial charge in [0.25, 0.3) is 0 Å². The molecular formula is C27H30N6O6S. The fourth-order valence-corrected chi connectivity index (χ4v) is 5.64. The summed E-state index contributed by atoms with van der Waals surface area (Å²) in [5, 5.41) is 15.7. The van der Waals surface area contributed by atoms with Crippen LogP contribution in [0.2, 0.25) is 0 Å². The fraction of sp³-hybridized carbons (Fsp3) is 0.296. The molecule has 40 heavy (non-hydrogen) atoms. The van der Waals surface area contributed by atoms with Crippen molar-refractivity contribution in [2.45, 2.75) is 24.0 Å². The molecule has 0 unspecified atom stereocenters. The third-order valence-corrected chi connectivity index (χ3v) is 8.84. The van der Waals surface area contributed by atoms with Gasteiger partial charge in [-0.25, -0.2) is 17.8 Å². The molecule has 0 bridgehead atoms. The Bertz CT molecular complexity index is 1660. The van der Waals surface area contributed by atoms with E-state index in [1.807, 2.05) is 18.2 Å². The Labute approximate surface area is 231 Å². The topological polar surface area (TPSA) is 148 Å². The molecule has 210 valence electrons. The maximum absolute atomic E-state index is 13.0. The molecule has 2 aromatic heterocycles. The lowest BCUT2D eigenvalue weighted by molar-refractivity contribution is 0.122. The number of aromatic nitrogens is 3. The number of para-hydroxylation sites is 1. The zero-order valence-corrected chi connectivity index (χ0v) is 23.1. The number of ether oxygens (including phenoxy) is 2. The molecule has 4 aromatic rings. The highest BCUT2D eigenvalue weighted by Crippen LogP contribution is 2.34. The molecule has 0 saturated carbocycles. The van der Waals surface area contributed by atoms with Gasteiger partial charge in [0.2, 0.25) is 5.95 Å². The highest BCUT2D eigenvalue weighted by atomic mass is 32.2. The van der Waals surface area contributed by atoms with Crippen molar-refractivity contribution in [3.63, 3.8) is 0 Å². The molecule has 0 atom stereocenters. The summed E-state index contributed by atoms with van der Waals surface area (Å²) in [4.78, 5) is 23.3. The number of anilines is 5. The minimum atomic E-state index is -3.62. The fourth-order valence-electron chi connectivity index (χ4n) is 4.44. The average molecular weight is 567 g/mol. The van der Waals surface area contributed by atoms with Gasteiger partial charge in [0.1, 0.15) is 11.6 Å². The van der Waals surface area contributed by atoms with Gasteiger partial charge >= 0.3 is 6.09 Å². The van der Waals surface area contributed by atoms with Gasteiger partial charge in [-0.3, -0.25) is 0 Å². The molecule has 3 N–H and O–H groups in total. The Balaban J connectivity index is 1.56. The molecule has 5 rings (SSSR count). The molecule has 2 aromatic carbocycles. The van der Waals surface area contributed by atoms with Crippen LogP contribution in [0.25, 0.3) is 11.0 Å². The number of nitrogens with one attached hydrogen (secondary N) is 2. The van der Waals surface area contributed by atoms with Crippen LogP contribution in [0.3, 0.4) is 0 Å². The molecule has 0 spiro atoms. The largest absolute Gasteiger partial charge is 0.494 e. The maximum atomic E-state index is 13.0. The smallest absolute Gasteiger partial charge is 0.417 e. The predicted octanol–water partition coefficient (Wildman–Crippen LogP) is 4.47. The molecule has 1 aliphatic heterocycles. The molecule has 13 heteroatoms. The molecule has 0 radical (unpaired) electrons. The van der Waals surface area contributed by atoms with Gasteiger partial charge in [-0.2, -0.15) is 9.97 Å². The highest BCUT2D eigenvalue weighted by Gasteiger charge is 2.24. The van der Waals surface area contributed by atoms with Gasteiger partial charge in [0.05, 0.1) is 47.2 Å². The van der Waals surface area contributed by atoms with Crippen molar-refractivity contribution in [1.29, 1.82) is 0 Å². The van der Waals surface area contributed by atoms with Gasteiger partial charge in [-0.1, -0.05) is 12.1 Å². The van der Waals surface area contributed by atoms with Crippen molar-refractivity contribution in [2.75, 3.05) is 48.9 Å². The number of carboxylic acid groups (broad SMARTS) is 1. The minimum Gasteiger partial charge on any atom is -0.494 e. The van der Waals surface area contributed by atoms with Crippen LogP contribution < -0.4 is 20.3 Å². The Morgan fingerprint density at radius 2 is 1.80 bits per heavy atom. The summed E-state index contributed by atoms with van der Waals surface area (Å²) in [6.07, 6.45) is 0.145. The first-order chi connectivity index (χ1) is 19.2. The zero-order chi connectivity index (χ0) is 28.4. The molecule has 1 fully saturated rings. The number of benzene rings is 2. The summed E-state index contributed by atoms with van der Waals surface area (Å²) in [6, 6.07) is 13.8. The number of hydrogen-bond acceptors (Lipinski definition) is 10. The van der Waals surface area contributed by atoms with Crippen molar-refractivity contribution < 1.29 is 27.8 Å². The quantitative estimate of drug-likeness (QED) is 0.277. The first-order valence-electron chi connectivity index (χ1n) is 12.7. The van der Waals surface area contributed by atoms with Crippen LogP contribution in [-0.4, -0.2) is 72.8 Å². The van der Waals surface area contributed by atoms with E-state index in [1.165, 1.54) is 12.3 Å². The lowest BCUT2D eigenvalue weighted by atomic mass is 10.2. The van der Waals surface area contributed by atoms with Crippen LogP contribution in [0, 0.1) is 0 Å². The molecule has 1 saturated heterocycles. The second-order valence-electron chi connectivity index (χ2n) is 9.43. The van der Waals surface area contributed by atoms with Crippen LogP contribution >= 0.6 is 0 Å². The van der Waals surface area contributed by atoms with E-state index in [4.69, 9.17) is 9.47 Å². The second kappa shape index (κ2) is 11.0. The van der Waals surface area contributed by atoms with Crippen molar-refractivity contribution >= 4 is 55.8 Å². The van der Waals surface area contributed by atoms with E-state index in [9.17, 15) is 18.3 Å². The summed E-state index contributed by atoms with van der Waals surface area (Å²) in [7, 11) is -2.06. The van der Waals surface area contributed by atoms with E-state index in [0.717, 1.165) is 23.3 Å². The first kappa shape index (κ1) is 27.2. The summed E-state index contributed by atoms with van der Waals surface area (Å²) in [5.74, 6) is 0.879. The predicted molar refractivity (Wildman–Crippen MR) is 152 cm³/mol. The number of carbonyl (C=O) groups is 1. The van der Waals surface area contributed by atoms with Crippen molar-refractivity contribution in [3.8, 4) is 5.75 Å². The molecule has 0 amide bonds. The summed E-state index contributed by atoms with van der Waals surface area (Å²) < 4.78 is 38.1. The van der Waals surface area contributed by atoms with Gasteiger partial charge in [0, 0.05) is 31.0 Å². The van der Waals surface area contributed by atoms with E-state index in [0.29, 0.717) is 35.7 Å². The zero-order valence-electron chi connectivity index (χ0n) is 22.3. The van der Waals surface area contributed by atoms with Crippen LogP contribution in [-0.2, 0) is 14.6 Å². The van der Waals surface area contributed by atoms with Crippen LogP contribution in [0.5, 0.6) is 5.75 Å². The first-order valence-corrected chi connectivity index (χ1v) is 14.2.